The Labute approximate surface area is 99.4 Å². The van der Waals surface area contributed by atoms with E-state index in [9.17, 15) is 0 Å². The van der Waals surface area contributed by atoms with E-state index in [1.165, 1.54) is 5.56 Å². The number of hydrogen-bond donors (Lipinski definition) is 1. The number of nitrogens with zero attached hydrogens (tertiary/aromatic N) is 1. The van der Waals surface area contributed by atoms with Gasteiger partial charge in [-0.1, -0.05) is 30.0 Å². The van der Waals surface area contributed by atoms with Crippen LogP contribution in [0.5, 0.6) is 0 Å². The Morgan fingerprint density at radius 3 is 2.56 bits per heavy atom. The van der Waals surface area contributed by atoms with Gasteiger partial charge in [-0.05, 0) is 36.2 Å². The summed E-state index contributed by atoms with van der Waals surface area (Å²) in [7, 11) is 0. The Bertz CT molecular complexity index is 468. The Balaban J connectivity index is 2.18. The standard InChI is InChI=1S/C13H13NOS/c1-10-3-2-8-14-13(10)16-12-6-4-11(9-15)5-7-12/h2-8,15H,9H2,1H3. The molecule has 0 saturated carbocycles. The molecule has 1 aromatic heterocycles. The first kappa shape index (κ1) is 11.2. The molecule has 0 amide bonds. The van der Waals surface area contributed by atoms with Gasteiger partial charge in [0.15, 0.2) is 0 Å². The first-order chi connectivity index (χ1) is 7.79. The highest BCUT2D eigenvalue weighted by Gasteiger charge is 2.01. The summed E-state index contributed by atoms with van der Waals surface area (Å²) in [5.41, 5.74) is 2.11. The van der Waals surface area contributed by atoms with E-state index < -0.39 is 0 Å². The minimum atomic E-state index is 0.0908. The predicted octanol–water partition coefficient (Wildman–Crippen LogP) is 3.03. The molecule has 0 unspecified atom stereocenters. The number of aromatic nitrogens is 1. The summed E-state index contributed by atoms with van der Waals surface area (Å²) in [6, 6.07) is 11.9. The maximum atomic E-state index is 8.94. The molecule has 0 aliphatic carbocycles. The molecule has 16 heavy (non-hydrogen) atoms. The van der Waals surface area contributed by atoms with Gasteiger partial charge in [0.05, 0.1) is 6.61 Å². The van der Waals surface area contributed by atoms with E-state index in [1.54, 1.807) is 18.0 Å². The molecule has 1 N–H and O–H groups in total. The molecule has 1 aromatic carbocycles. The van der Waals surface area contributed by atoms with Gasteiger partial charge in [-0.3, -0.25) is 0 Å². The predicted molar refractivity (Wildman–Crippen MR) is 65.5 cm³/mol. The van der Waals surface area contributed by atoms with Crippen molar-refractivity contribution in [3.63, 3.8) is 0 Å². The van der Waals surface area contributed by atoms with Crippen LogP contribution in [-0.4, -0.2) is 10.1 Å². The first-order valence-corrected chi connectivity index (χ1v) is 5.90. The molecule has 2 aromatic rings. The molecule has 0 atom stereocenters. The summed E-state index contributed by atoms with van der Waals surface area (Å²) < 4.78 is 0. The SMILES string of the molecule is Cc1cccnc1Sc1ccc(CO)cc1. The fourth-order valence-corrected chi connectivity index (χ4v) is 2.19. The van der Waals surface area contributed by atoms with Gasteiger partial charge >= 0.3 is 0 Å². The highest BCUT2D eigenvalue weighted by atomic mass is 32.2. The van der Waals surface area contributed by atoms with Crippen molar-refractivity contribution in [2.75, 3.05) is 0 Å². The Kier molecular flexibility index (Phi) is 3.59. The largest absolute Gasteiger partial charge is 0.392 e. The Hall–Kier alpha value is -1.32. The summed E-state index contributed by atoms with van der Waals surface area (Å²) in [6.45, 7) is 2.14. The van der Waals surface area contributed by atoms with Gasteiger partial charge < -0.3 is 5.11 Å². The van der Waals surface area contributed by atoms with Crippen LogP contribution in [0.15, 0.2) is 52.5 Å². The van der Waals surface area contributed by atoms with Gasteiger partial charge in [0.2, 0.25) is 0 Å². The number of aliphatic hydroxyl groups is 1. The average molecular weight is 231 g/mol. The fourth-order valence-electron chi connectivity index (χ4n) is 1.35. The van der Waals surface area contributed by atoms with Crippen molar-refractivity contribution in [2.24, 2.45) is 0 Å². The van der Waals surface area contributed by atoms with Crippen molar-refractivity contribution < 1.29 is 5.11 Å². The van der Waals surface area contributed by atoms with Gasteiger partial charge in [0.1, 0.15) is 5.03 Å². The summed E-state index contributed by atoms with van der Waals surface area (Å²) in [5, 5.41) is 9.97. The molecule has 1 heterocycles. The number of aliphatic hydroxyl groups excluding tert-OH is 1. The molecule has 3 heteroatoms. The minimum Gasteiger partial charge on any atom is -0.392 e. The first-order valence-electron chi connectivity index (χ1n) is 5.09. The van der Waals surface area contributed by atoms with Crippen LogP contribution >= 0.6 is 11.8 Å². The van der Waals surface area contributed by atoms with E-state index in [-0.39, 0.29) is 6.61 Å². The molecular formula is C13H13NOS. The van der Waals surface area contributed by atoms with Crippen LogP contribution in [-0.2, 0) is 6.61 Å². The second-order valence-electron chi connectivity index (χ2n) is 3.53. The van der Waals surface area contributed by atoms with E-state index in [0.29, 0.717) is 0 Å². The average Bonchev–Trinajstić information content (AvgIpc) is 2.33. The van der Waals surface area contributed by atoms with Gasteiger partial charge in [-0.2, -0.15) is 0 Å². The van der Waals surface area contributed by atoms with Crippen LogP contribution in [0.1, 0.15) is 11.1 Å². The van der Waals surface area contributed by atoms with Crippen LogP contribution in [0.25, 0.3) is 0 Å². The van der Waals surface area contributed by atoms with Crippen LogP contribution in [0.4, 0.5) is 0 Å². The number of pyridine rings is 1. The minimum absolute atomic E-state index is 0.0908. The Morgan fingerprint density at radius 1 is 1.19 bits per heavy atom. The third kappa shape index (κ3) is 2.62. The van der Waals surface area contributed by atoms with Crippen LogP contribution in [0.3, 0.4) is 0 Å². The van der Waals surface area contributed by atoms with Crippen molar-refractivity contribution in [2.45, 2.75) is 23.5 Å². The second kappa shape index (κ2) is 5.14. The maximum Gasteiger partial charge on any atom is 0.104 e. The zero-order chi connectivity index (χ0) is 11.4. The van der Waals surface area contributed by atoms with Crippen molar-refractivity contribution in [1.29, 1.82) is 0 Å². The third-order valence-electron chi connectivity index (χ3n) is 2.28. The molecule has 2 nitrogen and oxygen atoms in total. The van der Waals surface area contributed by atoms with E-state index >= 15 is 0 Å². The molecule has 0 saturated heterocycles. The summed E-state index contributed by atoms with van der Waals surface area (Å²) >= 11 is 1.64. The highest BCUT2D eigenvalue weighted by molar-refractivity contribution is 7.99. The Morgan fingerprint density at radius 2 is 1.94 bits per heavy atom. The number of benzene rings is 1. The maximum absolute atomic E-state index is 8.94. The lowest BCUT2D eigenvalue weighted by atomic mass is 10.2. The van der Waals surface area contributed by atoms with Crippen molar-refractivity contribution in [3.8, 4) is 0 Å². The number of aryl methyl sites for hydroxylation is 1. The van der Waals surface area contributed by atoms with Gasteiger partial charge in [0, 0.05) is 11.1 Å². The topological polar surface area (TPSA) is 33.1 Å². The fraction of sp³-hybridized carbons (Fsp3) is 0.154. The van der Waals surface area contributed by atoms with Crippen LogP contribution in [0, 0.1) is 6.92 Å². The lowest BCUT2D eigenvalue weighted by molar-refractivity contribution is 0.282. The highest BCUT2D eigenvalue weighted by Crippen LogP contribution is 2.28. The third-order valence-corrected chi connectivity index (χ3v) is 3.41. The second-order valence-corrected chi connectivity index (χ2v) is 4.59. The molecule has 2 rings (SSSR count). The molecule has 0 aliphatic heterocycles. The lowest BCUT2D eigenvalue weighted by Crippen LogP contribution is -1.85. The number of hydrogen-bond acceptors (Lipinski definition) is 3. The van der Waals surface area contributed by atoms with E-state index in [2.05, 4.69) is 18.0 Å². The zero-order valence-corrected chi connectivity index (χ0v) is 9.87. The zero-order valence-electron chi connectivity index (χ0n) is 9.05. The molecule has 82 valence electrons. The van der Waals surface area contributed by atoms with Crippen LogP contribution < -0.4 is 0 Å². The normalized spacial score (nSPS) is 10.4. The molecule has 0 bridgehead atoms. The summed E-state index contributed by atoms with van der Waals surface area (Å²) in [6.07, 6.45) is 1.80. The summed E-state index contributed by atoms with van der Waals surface area (Å²) in [5.74, 6) is 0. The van der Waals surface area contributed by atoms with E-state index in [0.717, 1.165) is 15.5 Å². The van der Waals surface area contributed by atoms with Gasteiger partial charge in [0.25, 0.3) is 0 Å². The van der Waals surface area contributed by atoms with E-state index in [1.807, 2.05) is 30.3 Å². The lowest BCUT2D eigenvalue weighted by Gasteiger charge is -2.04. The smallest absolute Gasteiger partial charge is 0.104 e. The van der Waals surface area contributed by atoms with Crippen LogP contribution in [0.2, 0.25) is 0 Å². The van der Waals surface area contributed by atoms with Crippen molar-refractivity contribution >= 4 is 11.8 Å². The van der Waals surface area contributed by atoms with E-state index in [4.69, 9.17) is 5.11 Å². The quantitative estimate of drug-likeness (QED) is 0.881. The molecule has 0 aliphatic rings. The summed E-state index contributed by atoms with van der Waals surface area (Å²) in [4.78, 5) is 5.47. The van der Waals surface area contributed by atoms with Crippen molar-refractivity contribution in [1.82, 2.24) is 4.98 Å². The van der Waals surface area contributed by atoms with Crippen molar-refractivity contribution in [3.05, 3.63) is 53.7 Å². The van der Waals surface area contributed by atoms with Gasteiger partial charge in [-0.15, -0.1) is 0 Å². The van der Waals surface area contributed by atoms with Gasteiger partial charge in [-0.25, -0.2) is 4.98 Å². The molecule has 0 spiro atoms. The monoisotopic (exact) mass is 231 g/mol. The molecule has 0 radical (unpaired) electrons. The number of rotatable bonds is 3. The molecular weight excluding hydrogens is 218 g/mol. The molecule has 0 fully saturated rings.